The van der Waals surface area contributed by atoms with Gasteiger partial charge in [-0.25, -0.2) is 5.26 Å². The Morgan fingerprint density at radius 1 is 0.812 bits per heavy atom. The van der Waals surface area contributed by atoms with Gasteiger partial charge in [-0.2, -0.15) is 10.2 Å². The average Bonchev–Trinajstić information content (AvgIpc) is 2.88. The maximum absolute atomic E-state index is 10.1. The first-order chi connectivity index (χ1) is 15.7. The van der Waals surface area contributed by atoms with Crippen molar-refractivity contribution in [3.63, 3.8) is 0 Å². The summed E-state index contributed by atoms with van der Waals surface area (Å²) in [4.78, 5) is 0.478. The Balaban J connectivity index is 0.000000308. The Kier molecular flexibility index (Phi) is 13.3. The molecule has 0 aliphatic rings. The van der Waals surface area contributed by atoms with Gasteiger partial charge in [-0.05, 0) is 29.3 Å². The van der Waals surface area contributed by atoms with Crippen LogP contribution in [0.1, 0.15) is 13.8 Å². The van der Waals surface area contributed by atoms with Gasteiger partial charge < -0.3 is 10.8 Å². The Bertz CT molecular complexity index is 1040. The summed E-state index contributed by atoms with van der Waals surface area (Å²) in [6, 6.07) is 25.7. The number of nitrogens with zero attached hydrogens (tertiary/aromatic N) is 2. The number of azo groups is 1. The smallest absolute Gasteiger partial charge is 0.152 e. The van der Waals surface area contributed by atoms with Crippen LogP contribution in [0.25, 0.3) is 21.5 Å². The van der Waals surface area contributed by atoms with Gasteiger partial charge >= 0.3 is 0 Å². The maximum Gasteiger partial charge on any atom is 0.152 e. The lowest BCUT2D eigenvalue weighted by atomic mass is 10.1. The van der Waals surface area contributed by atoms with Gasteiger partial charge in [0.05, 0.1) is 16.9 Å². The summed E-state index contributed by atoms with van der Waals surface area (Å²) in [5, 5.41) is 33.4. The number of aromatic hydroxyl groups is 1. The van der Waals surface area contributed by atoms with E-state index in [-0.39, 0.29) is 11.4 Å². The number of benzene rings is 4. The molecule has 0 amide bonds. The lowest BCUT2D eigenvalue weighted by Crippen LogP contribution is -1.83. The molecule has 4 aromatic rings. The highest BCUT2D eigenvalue weighted by molar-refractivity contribution is 7.94. The molecule has 0 heterocycles. The van der Waals surface area contributed by atoms with Gasteiger partial charge in [0.2, 0.25) is 0 Å². The highest BCUT2D eigenvalue weighted by Gasteiger charge is 2.14. The molecule has 0 bridgehead atoms. The Hall–Kier alpha value is -3.01. The third-order valence-corrected chi connectivity index (χ3v) is 4.59. The molecule has 0 aromatic heterocycles. The lowest BCUT2D eigenvalue weighted by molar-refractivity contribution is -0.432. The fourth-order valence-electron chi connectivity index (χ4n) is 2.74. The molecule has 32 heavy (non-hydrogen) atoms. The third kappa shape index (κ3) is 7.60. The van der Waals surface area contributed by atoms with Crippen LogP contribution in [0.5, 0.6) is 5.75 Å². The molecule has 0 aliphatic heterocycles. The molecule has 8 heteroatoms. The minimum Gasteiger partial charge on any atom is -0.505 e. The molecule has 0 spiro atoms. The number of nitrogens with two attached hydrogens (primary N) is 1. The van der Waals surface area contributed by atoms with Crippen molar-refractivity contribution in [3.8, 4) is 5.75 Å². The molecular formula is C24H29N3O4S. The first-order valence-corrected chi connectivity index (χ1v) is 10.7. The maximum atomic E-state index is 10.1. The summed E-state index contributed by atoms with van der Waals surface area (Å²) in [6.45, 7) is 4.00. The minimum atomic E-state index is 0.00254. The van der Waals surface area contributed by atoms with E-state index in [0.29, 0.717) is 10.3 Å². The zero-order valence-electron chi connectivity index (χ0n) is 18.6. The van der Waals surface area contributed by atoms with Crippen LogP contribution < -0.4 is 5.73 Å². The van der Waals surface area contributed by atoms with Crippen molar-refractivity contribution >= 4 is 39.3 Å². The zero-order valence-corrected chi connectivity index (χ0v) is 19.4. The highest BCUT2D eigenvalue weighted by Crippen LogP contribution is 2.43. The SMILES string of the molecule is CC.CN.CN=Nc1c(SOOO)cc2ccccc2c1O.c1ccc2ccccc2c1. The molecule has 0 atom stereocenters. The van der Waals surface area contributed by atoms with Crippen LogP contribution in [-0.4, -0.2) is 24.5 Å². The van der Waals surface area contributed by atoms with Crippen molar-refractivity contribution in [1.29, 1.82) is 0 Å². The number of fused-ring (bicyclic) bond motifs is 2. The van der Waals surface area contributed by atoms with E-state index < -0.39 is 0 Å². The molecule has 170 valence electrons. The van der Waals surface area contributed by atoms with Crippen LogP contribution in [0.4, 0.5) is 5.69 Å². The first-order valence-electron chi connectivity index (χ1n) is 9.95. The van der Waals surface area contributed by atoms with Crippen molar-refractivity contribution < 1.29 is 19.7 Å². The topological polar surface area (TPSA) is 110 Å². The van der Waals surface area contributed by atoms with E-state index in [1.165, 1.54) is 24.9 Å². The molecule has 0 radical (unpaired) electrons. The number of phenolic OH excluding ortho intramolecular Hbond substituents is 1. The highest BCUT2D eigenvalue weighted by atomic mass is 32.2. The van der Waals surface area contributed by atoms with Gasteiger partial charge in [0.15, 0.2) is 5.75 Å². The Morgan fingerprint density at radius 3 is 1.75 bits per heavy atom. The third-order valence-electron chi connectivity index (χ3n) is 3.97. The predicted octanol–water partition coefficient (Wildman–Crippen LogP) is 7.13. The lowest BCUT2D eigenvalue weighted by Gasteiger charge is -2.08. The van der Waals surface area contributed by atoms with Crippen LogP contribution in [0, 0.1) is 0 Å². The van der Waals surface area contributed by atoms with Gasteiger partial charge in [0.25, 0.3) is 0 Å². The molecule has 7 nitrogen and oxygen atoms in total. The number of hydrogen-bond donors (Lipinski definition) is 3. The van der Waals surface area contributed by atoms with E-state index in [2.05, 4.69) is 73.9 Å². The summed E-state index contributed by atoms with van der Waals surface area (Å²) in [5.41, 5.74) is 4.76. The van der Waals surface area contributed by atoms with Gasteiger partial charge in [-0.3, -0.25) is 0 Å². The van der Waals surface area contributed by atoms with E-state index in [1.807, 2.05) is 32.0 Å². The number of phenols is 1. The second-order valence-electron chi connectivity index (χ2n) is 5.67. The van der Waals surface area contributed by atoms with E-state index in [0.717, 1.165) is 17.4 Å². The summed E-state index contributed by atoms with van der Waals surface area (Å²) in [5.74, 6) is 0.00254. The van der Waals surface area contributed by atoms with Crippen LogP contribution in [0.3, 0.4) is 0 Å². The fraction of sp³-hybridized carbons (Fsp3) is 0.167. The van der Waals surface area contributed by atoms with E-state index >= 15 is 0 Å². The average molecular weight is 456 g/mol. The number of hydrogen-bond acceptors (Lipinski definition) is 8. The van der Waals surface area contributed by atoms with Crippen LogP contribution in [0.2, 0.25) is 0 Å². The molecule has 4 aromatic carbocycles. The van der Waals surface area contributed by atoms with Gasteiger partial charge in [-0.15, -0.1) is 4.33 Å². The van der Waals surface area contributed by atoms with Crippen molar-refractivity contribution in [1.82, 2.24) is 0 Å². The molecule has 0 fully saturated rings. The normalized spacial score (nSPS) is 9.94. The van der Waals surface area contributed by atoms with Crippen molar-refractivity contribution in [2.24, 2.45) is 16.0 Å². The molecule has 4 N–H and O–H groups in total. The Labute approximate surface area is 192 Å². The summed E-state index contributed by atoms with van der Waals surface area (Å²) >= 11 is 0.730. The van der Waals surface area contributed by atoms with Gasteiger partial charge in [0, 0.05) is 12.4 Å². The van der Waals surface area contributed by atoms with Crippen LogP contribution >= 0.6 is 12.0 Å². The monoisotopic (exact) mass is 455 g/mol. The molecule has 4 rings (SSSR count). The molecule has 0 aliphatic carbocycles. The summed E-state index contributed by atoms with van der Waals surface area (Å²) in [7, 11) is 2.99. The predicted molar refractivity (Wildman–Crippen MR) is 132 cm³/mol. The molecule has 0 unspecified atom stereocenters. The fourth-order valence-corrected chi connectivity index (χ4v) is 3.23. The van der Waals surface area contributed by atoms with Crippen LogP contribution in [0.15, 0.2) is 94.0 Å². The number of rotatable bonds is 4. The van der Waals surface area contributed by atoms with Crippen molar-refractivity contribution in [2.75, 3.05) is 14.1 Å². The zero-order chi connectivity index (χ0) is 23.8. The quantitative estimate of drug-likeness (QED) is 0.131. The minimum absolute atomic E-state index is 0.00254. The summed E-state index contributed by atoms with van der Waals surface area (Å²) in [6.07, 6.45) is 0. The van der Waals surface area contributed by atoms with E-state index in [4.69, 9.17) is 5.26 Å². The van der Waals surface area contributed by atoms with Gasteiger partial charge in [0.1, 0.15) is 5.69 Å². The second-order valence-corrected chi connectivity index (χ2v) is 6.41. The first kappa shape index (κ1) is 27.0. The molecule has 0 saturated carbocycles. The van der Waals surface area contributed by atoms with Crippen molar-refractivity contribution in [3.05, 3.63) is 78.9 Å². The van der Waals surface area contributed by atoms with Crippen molar-refractivity contribution in [2.45, 2.75) is 18.7 Å². The van der Waals surface area contributed by atoms with E-state index in [1.54, 1.807) is 12.1 Å². The molecular weight excluding hydrogens is 426 g/mol. The standard InChI is InChI=1S/C11H10N2O4S.C10H8.C2H6.CH5N/c1-12-13-10-9(18-17-16-15)6-7-4-2-3-5-8(7)11(10)14;1-2-6-10-8-4-3-7-9(10)5-1;2*1-2/h2-6,14-15H,1H3;1-8H;1-2H3;2H2,1H3. The summed E-state index contributed by atoms with van der Waals surface area (Å²) < 4.78 is 4.37. The second kappa shape index (κ2) is 15.7. The largest absolute Gasteiger partial charge is 0.505 e. The van der Waals surface area contributed by atoms with Crippen LogP contribution in [-0.2, 0) is 9.37 Å². The molecule has 0 saturated heterocycles. The van der Waals surface area contributed by atoms with E-state index in [9.17, 15) is 5.11 Å². The Morgan fingerprint density at radius 2 is 1.28 bits per heavy atom. The van der Waals surface area contributed by atoms with Gasteiger partial charge in [-0.1, -0.05) is 91.7 Å².